The third-order valence-electron chi connectivity index (χ3n) is 2.52. The maximum Gasteiger partial charge on any atom is 0.0656 e. The Morgan fingerprint density at radius 1 is 1.54 bits per heavy atom. The van der Waals surface area contributed by atoms with Crippen LogP contribution >= 0.6 is 0 Å². The van der Waals surface area contributed by atoms with Crippen molar-refractivity contribution in [3.63, 3.8) is 0 Å². The van der Waals surface area contributed by atoms with Gasteiger partial charge in [-0.25, -0.2) is 0 Å². The van der Waals surface area contributed by atoms with Gasteiger partial charge in [0.15, 0.2) is 0 Å². The molecular formula is C10H19N3. The molecule has 2 N–H and O–H groups in total. The number of aryl methyl sites for hydroxylation is 1. The Morgan fingerprint density at radius 3 is 2.54 bits per heavy atom. The Kier molecular flexibility index (Phi) is 3.09. The van der Waals surface area contributed by atoms with Crippen molar-refractivity contribution in [2.45, 2.75) is 39.2 Å². The van der Waals surface area contributed by atoms with Gasteiger partial charge in [0.05, 0.1) is 11.4 Å². The lowest BCUT2D eigenvalue weighted by Gasteiger charge is -2.03. The lowest BCUT2D eigenvalue weighted by molar-refractivity contribution is 0.629. The fourth-order valence-electron chi connectivity index (χ4n) is 1.38. The first kappa shape index (κ1) is 10.3. The van der Waals surface area contributed by atoms with Crippen molar-refractivity contribution in [3.8, 4) is 0 Å². The Morgan fingerprint density at radius 2 is 2.15 bits per heavy atom. The monoisotopic (exact) mass is 181 g/mol. The topological polar surface area (TPSA) is 43.8 Å². The van der Waals surface area contributed by atoms with Gasteiger partial charge in [0.25, 0.3) is 0 Å². The molecule has 0 aliphatic carbocycles. The van der Waals surface area contributed by atoms with E-state index in [4.69, 9.17) is 5.73 Å². The number of hydrogen-bond acceptors (Lipinski definition) is 2. The zero-order chi connectivity index (χ0) is 10.0. The molecule has 0 saturated heterocycles. The first-order valence-electron chi connectivity index (χ1n) is 4.85. The molecule has 0 aliphatic heterocycles. The van der Waals surface area contributed by atoms with E-state index in [1.165, 1.54) is 0 Å². The fourth-order valence-corrected chi connectivity index (χ4v) is 1.38. The van der Waals surface area contributed by atoms with E-state index in [0.29, 0.717) is 5.92 Å². The average Bonchev–Trinajstić information content (AvgIpc) is 2.46. The van der Waals surface area contributed by atoms with Gasteiger partial charge in [0, 0.05) is 13.1 Å². The van der Waals surface area contributed by atoms with E-state index in [2.05, 4.69) is 25.0 Å². The quantitative estimate of drug-likeness (QED) is 0.774. The van der Waals surface area contributed by atoms with Crippen LogP contribution in [0.5, 0.6) is 0 Å². The normalized spacial score (nSPS) is 15.8. The molecule has 0 aromatic carbocycles. The molecule has 1 heterocycles. The van der Waals surface area contributed by atoms with Crippen molar-refractivity contribution in [3.05, 3.63) is 17.5 Å². The van der Waals surface area contributed by atoms with E-state index in [0.717, 1.165) is 17.8 Å². The number of rotatable bonds is 3. The average molecular weight is 181 g/mol. The summed E-state index contributed by atoms with van der Waals surface area (Å²) in [4.78, 5) is 0. The van der Waals surface area contributed by atoms with E-state index in [9.17, 15) is 0 Å². The molecule has 0 bridgehead atoms. The van der Waals surface area contributed by atoms with E-state index in [1.54, 1.807) is 0 Å². The third-order valence-corrected chi connectivity index (χ3v) is 2.52. The van der Waals surface area contributed by atoms with Crippen LogP contribution in [0.15, 0.2) is 6.07 Å². The van der Waals surface area contributed by atoms with Crippen molar-refractivity contribution in [2.24, 2.45) is 12.8 Å². The second-order valence-electron chi connectivity index (χ2n) is 3.72. The Labute approximate surface area is 79.9 Å². The second-order valence-corrected chi connectivity index (χ2v) is 3.72. The fraction of sp³-hybridized carbons (Fsp3) is 0.700. The summed E-state index contributed by atoms with van der Waals surface area (Å²) in [6.45, 7) is 6.34. The number of aromatic nitrogens is 2. The summed E-state index contributed by atoms with van der Waals surface area (Å²) in [6, 6.07) is 2.18. The molecule has 1 aromatic rings. The first-order valence-corrected chi connectivity index (χ1v) is 4.85. The Bertz CT molecular complexity index is 276. The maximum absolute atomic E-state index is 5.81. The van der Waals surface area contributed by atoms with Gasteiger partial charge < -0.3 is 5.73 Å². The molecule has 0 radical (unpaired) electrons. The van der Waals surface area contributed by atoms with Crippen molar-refractivity contribution < 1.29 is 0 Å². The van der Waals surface area contributed by atoms with Crippen LogP contribution in [0.1, 0.15) is 50.5 Å². The minimum atomic E-state index is 0.0651. The standard InChI is InChI=1S/C10H19N3/c1-5-7(2)9-6-10(8(3)11)13(4)12-9/h6-8H,5,11H2,1-4H3/t7?,8-/m0/s1. The number of nitrogens with zero attached hydrogens (tertiary/aromatic N) is 2. The van der Waals surface area contributed by atoms with Gasteiger partial charge >= 0.3 is 0 Å². The summed E-state index contributed by atoms with van der Waals surface area (Å²) in [5.41, 5.74) is 8.07. The lowest BCUT2D eigenvalue weighted by Crippen LogP contribution is -2.10. The summed E-state index contributed by atoms with van der Waals surface area (Å²) >= 11 is 0. The van der Waals surface area contributed by atoms with Crippen LogP contribution in [0.25, 0.3) is 0 Å². The van der Waals surface area contributed by atoms with Crippen molar-refractivity contribution in [2.75, 3.05) is 0 Å². The van der Waals surface area contributed by atoms with Crippen LogP contribution in [0.2, 0.25) is 0 Å². The van der Waals surface area contributed by atoms with Gasteiger partial charge in [-0.1, -0.05) is 13.8 Å². The highest BCUT2D eigenvalue weighted by molar-refractivity contribution is 5.16. The first-order chi connectivity index (χ1) is 6.06. The SMILES string of the molecule is CCC(C)c1cc([C@H](C)N)n(C)n1. The summed E-state index contributed by atoms with van der Waals surface area (Å²) in [7, 11) is 1.95. The van der Waals surface area contributed by atoms with Crippen LogP contribution in [-0.2, 0) is 7.05 Å². The van der Waals surface area contributed by atoms with Crippen LogP contribution in [0, 0.1) is 0 Å². The molecular weight excluding hydrogens is 162 g/mol. The van der Waals surface area contributed by atoms with Gasteiger partial charge in [-0.05, 0) is 25.3 Å². The second kappa shape index (κ2) is 3.92. The molecule has 74 valence electrons. The van der Waals surface area contributed by atoms with Crippen LogP contribution < -0.4 is 5.73 Å². The summed E-state index contributed by atoms with van der Waals surface area (Å²) in [5, 5.41) is 4.44. The molecule has 0 saturated carbocycles. The molecule has 1 unspecified atom stereocenters. The minimum Gasteiger partial charge on any atom is -0.323 e. The molecule has 0 spiro atoms. The van der Waals surface area contributed by atoms with Crippen molar-refractivity contribution in [1.29, 1.82) is 0 Å². The molecule has 2 atom stereocenters. The smallest absolute Gasteiger partial charge is 0.0656 e. The van der Waals surface area contributed by atoms with Gasteiger partial charge in [-0.2, -0.15) is 5.10 Å². The van der Waals surface area contributed by atoms with Crippen LogP contribution in [0.3, 0.4) is 0 Å². The molecule has 1 aromatic heterocycles. The van der Waals surface area contributed by atoms with E-state index >= 15 is 0 Å². The van der Waals surface area contributed by atoms with Crippen molar-refractivity contribution in [1.82, 2.24) is 9.78 Å². The highest BCUT2D eigenvalue weighted by atomic mass is 15.3. The van der Waals surface area contributed by atoms with Gasteiger partial charge in [-0.15, -0.1) is 0 Å². The largest absolute Gasteiger partial charge is 0.323 e. The molecule has 0 amide bonds. The third kappa shape index (κ3) is 2.10. The molecule has 3 heteroatoms. The summed E-state index contributed by atoms with van der Waals surface area (Å²) < 4.78 is 1.88. The highest BCUT2D eigenvalue weighted by Crippen LogP contribution is 2.20. The Hall–Kier alpha value is -0.830. The minimum absolute atomic E-state index is 0.0651. The van der Waals surface area contributed by atoms with E-state index in [-0.39, 0.29) is 6.04 Å². The summed E-state index contributed by atoms with van der Waals surface area (Å²) in [5.74, 6) is 0.527. The van der Waals surface area contributed by atoms with Gasteiger partial charge in [-0.3, -0.25) is 4.68 Å². The molecule has 0 aliphatic rings. The Balaban J connectivity index is 2.95. The maximum atomic E-state index is 5.81. The predicted molar refractivity (Wildman–Crippen MR) is 54.5 cm³/mol. The molecule has 13 heavy (non-hydrogen) atoms. The molecule has 0 fully saturated rings. The lowest BCUT2D eigenvalue weighted by atomic mass is 10.0. The van der Waals surface area contributed by atoms with Gasteiger partial charge in [0.2, 0.25) is 0 Å². The number of hydrogen-bond donors (Lipinski definition) is 1. The van der Waals surface area contributed by atoms with Crippen LogP contribution in [0.4, 0.5) is 0 Å². The summed E-state index contributed by atoms with van der Waals surface area (Å²) in [6.07, 6.45) is 1.12. The van der Waals surface area contributed by atoms with Crippen LogP contribution in [-0.4, -0.2) is 9.78 Å². The van der Waals surface area contributed by atoms with E-state index in [1.807, 2.05) is 18.7 Å². The number of nitrogens with two attached hydrogens (primary N) is 1. The predicted octanol–water partition coefficient (Wildman–Crippen LogP) is 1.95. The van der Waals surface area contributed by atoms with Gasteiger partial charge in [0.1, 0.15) is 0 Å². The van der Waals surface area contributed by atoms with Crippen molar-refractivity contribution >= 4 is 0 Å². The zero-order valence-electron chi connectivity index (χ0n) is 8.91. The highest BCUT2D eigenvalue weighted by Gasteiger charge is 2.12. The molecule has 1 rings (SSSR count). The van der Waals surface area contributed by atoms with E-state index < -0.39 is 0 Å². The zero-order valence-corrected chi connectivity index (χ0v) is 8.91. The molecule has 3 nitrogen and oxygen atoms in total.